The SMILES string of the molecule is CC1C(=O)N(C)C(N)=NC1c1cc(-c2cccc(C#N)c2)cs1. The number of hydrogen-bond donors (Lipinski definition) is 1. The molecule has 0 saturated carbocycles. The van der Waals surface area contributed by atoms with Crippen molar-refractivity contribution >= 4 is 23.2 Å². The van der Waals surface area contributed by atoms with E-state index in [1.165, 1.54) is 4.90 Å². The van der Waals surface area contributed by atoms with Crippen molar-refractivity contribution in [3.63, 3.8) is 0 Å². The lowest BCUT2D eigenvalue weighted by atomic mass is 9.97. The summed E-state index contributed by atoms with van der Waals surface area (Å²) >= 11 is 1.56. The summed E-state index contributed by atoms with van der Waals surface area (Å²) in [5.74, 6) is -0.0206. The Kier molecular flexibility index (Phi) is 3.89. The third kappa shape index (κ3) is 2.71. The van der Waals surface area contributed by atoms with Crippen LogP contribution in [0.3, 0.4) is 0 Å². The fourth-order valence-electron chi connectivity index (χ4n) is 2.63. The number of rotatable bonds is 2. The van der Waals surface area contributed by atoms with Crippen LogP contribution in [0.4, 0.5) is 0 Å². The summed E-state index contributed by atoms with van der Waals surface area (Å²) in [7, 11) is 1.64. The largest absolute Gasteiger partial charge is 0.369 e. The molecule has 0 fully saturated rings. The molecule has 1 amide bonds. The Morgan fingerprint density at radius 3 is 2.87 bits per heavy atom. The number of guanidine groups is 1. The van der Waals surface area contributed by atoms with Crippen molar-refractivity contribution < 1.29 is 4.79 Å². The molecule has 1 aromatic heterocycles. The topological polar surface area (TPSA) is 82.5 Å². The Morgan fingerprint density at radius 2 is 2.13 bits per heavy atom. The Hall–Kier alpha value is -2.65. The zero-order valence-corrected chi connectivity index (χ0v) is 13.7. The molecule has 0 bridgehead atoms. The molecular formula is C17H16N4OS. The smallest absolute Gasteiger partial charge is 0.234 e. The van der Waals surface area contributed by atoms with Gasteiger partial charge in [-0.25, -0.2) is 4.99 Å². The van der Waals surface area contributed by atoms with Crippen LogP contribution < -0.4 is 5.73 Å². The van der Waals surface area contributed by atoms with Gasteiger partial charge in [-0.1, -0.05) is 19.1 Å². The molecule has 1 aliphatic rings. The van der Waals surface area contributed by atoms with Crippen LogP contribution in [-0.4, -0.2) is 23.8 Å². The van der Waals surface area contributed by atoms with Gasteiger partial charge in [0.25, 0.3) is 0 Å². The van der Waals surface area contributed by atoms with Crippen molar-refractivity contribution in [3.8, 4) is 17.2 Å². The van der Waals surface area contributed by atoms with Crippen LogP contribution in [0.2, 0.25) is 0 Å². The summed E-state index contributed by atoms with van der Waals surface area (Å²) < 4.78 is 0. The van der Waals surface area contributed by atoms with Crippen LogP contribution in [0, 0.1) is 17.2 Å². The van der Waals surface area contributed by atoms with Gasteiger partial charge < -0.3 is 5.73 Å². The molecule has 2 unspecified atom stereocenters. The minimum atomic E-state index is -0.253. The van der Waals surface area contributed by atoms with Gasteiger partial charge in [0, 0.05) is 11.9 Å². The summed E-state index contributed by atoms with van der Waals surface area (Å²) in [4.78, 5) is 19.1. The predicted octanol–water partition coefficient (Wildman–Crippen LogP) is 2.75. The van der Waals surface area contributed by atoms with Gasteiger partial charge in [0.15, 0.2) is 5.96 Å². The van der Waals surface area contributed by atoms with Gasteiger partial charge in [-0.05, 0) is 34.7 Å². The molecule has 0 saturated heterocycles. The number of carbonyl (C=O) groups excluding carboxylic acids is 1. The van der Waals surface area contributed by atoms with Gasteiger partial charge >= 0.3 is 0 Å². The zero-order chi connectivity index (χ0) is 16.6. The number of amides is 1. The lowest BCUT2D eigenvalue weighted by Crippen LogP contribution is -2.46. The van der Waals surface area contributed by atoms with Gasteiger partial charge in [-0.15, -0.1) is 11.3 Å². The van der Waals surface area contributed by atoms with Gasteiger partial charge in [0.05, 0.1) is 23.6 Å². The standard InChI is InChI=1S/C17H16N4OS/c1-10-15(20-17(19)21(2)16(10)22)14-7-13(9-23-14)12-5-3-4-11(6-12)8-18/h3-7,9-10,15H,1-2H3,(H2,19,20). The first-order chi connectivity index (χ1) is 11.0. The van der Waals surface area contributed by atoms with Crippen molar-refractivity contribution in [2.45, 2.75) is 13.0 Å². The number of nitrogens with two attached hydrogens (primary N) is 1. The van der Waals surface area contributed by atoms with Gasteiger partial charge in [-0.3, -0.25) is 9.69 Å². The second-order valence-electron chi connectivity index (χ2n) is 5.55. The Balaban J connectivity index is 1.96. The molecule has 23 heavy (non-hydrogen) atoms. The normalized spacial score (nSPS) is 21.0. The van der Waals surface area contributed by atoms with E-state index >= 15 is 0 Å². The molecule has 3 rings (SSSR count). The van der Waals surface area contributed by atoms with Crippen LogP contribution in [0.25, 0.3) is 11.1 Å². The quantitative estimate of drug-likeness (QED) is 0.922. The zero-order valence-electron chi connectivity index (χ0n) is 12.9. The van der Waals surface area contributed by atoms with Crippen LogP contribution in [0.5, 0.6) is 0 Å². The fraction of sp³-hybridized carbons (Fsp3) is 0.235. The second-order valence-corrected chi connectivity index (χ2v) is 6.49. The van der Waals surface area contributed by atoms with E-state index in [4.69, 9.17) is 11.0 Å². The van der Waals surface area contributed by atoms with Crippen LogP contribution >= 0.6 is 11.3 Å². The molecule has 116 valence electrons. The van der Waals surface area contributed by atoms with Gasteiger partial charge in [0.2, 0.25) is 5.91 Å². The van der Waals surface area contributed by atoms with E-state index in [1.807, 2.05) is 36.6 Å². The molecule has 2 N–H and O–H groups in total. The molecular weight excluding hydrogens is 308 g/mol. The molecule has 2 atom stereocenters. The fourth-order valence-corrected chi connectivity index (χ4v) is 3.69. The third-order valence-electron chi connectivity index (χ3n) is 4.04. The van der Waals surface area contributed by atoms with E-state index in [0.717, 1.165) is 16.0 Å². The van der Waals surface area contributed by atoms with E-state index < -0.39 is 0 Å². The number of benzene rings is 1. The lowest BCUT2D eigenvalue weighted by Gasteiger charge is -2.30. The molecule has 1 aliphatic heterocycles. The molecule has 2 heterocycles. The minimum absolute atomic E-state index is 0.0241. The first-order valence-electron chi connectivity index (χ1n) is 7.21. The second kappa shape index (κ2) is 5.86. The van der Waals surface area contributed by atoms with E-state index in [1.54, 1.807) is 24.5 Å². The first-order valence-corrected chi connectivity index (χ1v) is 8.09. The van der Waals surface area contributed by atoms with E-state index in [-0.39, 0.29) is 23.8 Å². The van der Waals surface area contributed by atoms with E-state index in [2.05, 4.69) is 11.1 Å². The summed E-state index contributed by atoms with van der Waals surface area (Å²) in [5.41, 5.74) is 8.47. The molecule has 2 aromatic rings. The predicted molar refractivity (Wildman–Crippen MR) is 90.8 cm³/mol. The summed E-state index contributed by atoms with van der Waals surface area (Å²) in [6.07, 6.45) is 0. The molecule has 5 nitrogen and oxygen atoms in total. The highest BCUT2D eigenvalue weighted by atomic mass is 32.1. The molecule has 6 heteroatoms. The van der Waals surface area contributed by atoms with Crippen molar-refractivity contribution in [1.29, 1.82) is 5.26 Å². The van der Waals surface area contributed by atoms with Crippen molar-refractivity contribution in [1.82, 2.24) is 4.90 Å². The molecule has 0 aliphatic carbocycles. The minimum Gasteiger partial charge on any atom is -0.369 e. The Morgan fingerprint density at radius 1 is 1.35 bits per heavy atom. The number of carbonyl (C=O) groups is 1. The average molecular weight is 324 g/mol. The first kappa shape index (κ1) is 15.3. The summed E-state index contributed by atoms with van der Waals surface area (Å²) in [6, 6.07) is 11.4. The highest BCUT2D eigenvalue weighted by Gasteiger charge is 2.34. The summed E-state index contributed by atoms with van der Waals surface area (Å²) in [5, 5.41) is 11.0. The number of hydrogen-bond acceptors (Lipinski definition) is 5. The van der Waals surface area contributed by atoms with Crippen molar-refractivity contribution in [2.75, 3.05) is 7.05 Å². The molecule has 0 spiro atoms. The third-order valence-corrected chi connectivity index (χ3v) is 5.05. The number of nitriles is 1. The van der Waals surface area contributed by atoms with E-state index in [9.17, 15) is 4.79 Å². The number of aliphatic imine (C=N–C) groups is 1. The highest BCUT2D eigenvalue weighted by Crippen LogP contribution is 2.37. The van der Waals surface area contributed by atoms with Crippen LogP contribution in [0.15, 0.2) is 40.7 Å². The molecule has 0 radical (unpaired) electrons. The Bertz CT molecular complexity index is 833. The van der Waals surface area contributed by atoms with Gasteiger partial charge in [0.1, 0.15) is 0 Å². The highest BCUT2D eigenvalue weighted by molar-refractivity contribution is 7.10. The number of nitrogens with zero attached hydrogens (tertiary/aromatic N) is 3. The van der Waals surface area contributed by atoms with E-state index in [0.29, 0.717) is 5.56 Å². The van der Waals surface area contributed by atoms with Crippen LogP contribution in [0.1, 0.15) is 23.4 Å². The monoisotopic (exact) mass is 324 g/mol. The van der Waals surface area contributed by atoms with Crippen molar-refractivity contribution in [2.24, 2.45) is 16.6 Å². The molecule has 1 aromatic carbocycles. The maximum absolute atomic E-state index is 12.2. The maximum atomic E-state index is 12.2. The van der Waals surface area contributed by atoms with Gasteiger partial charge in [-0.2, -0.15) is 5.26 Å². The van der Waals surface area contributed by atoms with Crippen LogP contribution in [-0.2, 0) is 4.79 Å². The number of thiophene rings is 1. The lowest BCUT2D eigenvalue weighted by molar-refractivity contribution is -0.131. The summed E-state index contributed by atoms with van der Waals surface area (Å²) in [6.45, 7) is 1.87. The maximum Gasteiger partial charge on any atom is 0.234 e. The van der Waals surface area contributed by atoms with Crippen molar-refractivity contribution in [3.05, 3.63) is 46.2 Å². The Labute approximate surface area is 138 Å². The average Bonchev–Trinajstić information content (AvgIpc) is 3.06.